The number of aliphatic carboxylic acids is 1. The fraction of sp³-hybridized carbons (Fsp3) is 0.500. The lowest BCUT2D eigenvalue weighted by Crippen LogP contribution is -2.35. The van der Waals surface area contributed by atoms with Crippen molar-refractivity contribution >= 4 is 23.8 Å². The van der Waals surface area contributed by atoms with E-state index in [-0.39, 0.29) is 11.8 Å². The molecule has 0 aliphatic heterocycles. The Bertz CT molecular complexity index is 563. The number of carbonyl (C=O) groups excluding carboxylic acids is 1. The maximum absolute atomic E-state index is 11.6. The van der Waals surface area contributed by atoms with Crippen molar-refractivity contribution in [3.05, 3.63) is 17.3 Å². The molecule has 0 aliphatic rings. The number of hydrogen-bond donors (Lipinski definition) is 2. The molecule has 0 spiro atoms. The van der Waals surface area contributed by atoms with Crippen LogP contribution in [0.3, 0.4) is 0 Å². The van der Waals surface area contributed by atoms with E-state index in [9.17, 15) is 9.59 Å². The van der Waals surface area contributed by atoms with Crippen molar-refractivity contribution in [2.24, 2.45) is 13.0 Å². The number of rotatable bonds is 6. The van der Waals surface area contributed by atoms with Crippen molar-refractivity contribution < 1.29 is 14.7 Å². The van der Waals surface area contributed by atoms with E-state index in [0.29, 0.717) is 6.54 Å². The number of hydrogen-bond acceptors (Lipinski definition) is 4. The third-order valence-corrected chi connectivity index (χ3v) is 3.23. The first-order chi connectivity index (χ1) is 9.77. The van der Waals surface area contributed by atoms with Gasteiger partial charge in [-0.15, -0.1) is 0 Å². The lowest BCUT2D eigenvalue weighted by Gasteiger charge is -2.23. The second-order valence-corrected chi connectivity index (χ2v) is 5.01. The minimum Gasteiger partial charge on any atom is -0.478 e. The third kappa shape index (κ3) is 4.08. The summed E-state index contributed by atoms with van der Waals surface area (Å²) in [6.45, 7) is 4.17. The van der Waals surface area contributed by atoms with Crippen LogP contribution in [0, 0.1) is 12.8 Å². The molecule has 1 rings (SSSR count). The predicted octanol–water partition coefficient (Wildman–Crippen LogP) is 0.645. The Balaban J connectivity index is 3.06. The molecule has 1 aromatic rings. The van der Waals surface area contributed by atoms with E-state index in [0.717, 1.165) is 23.2 Å². The van der Waals surface area contributed by atoms with Crippen LogP contribution in [0.2, 0.25) is 0 Å². The Morgan fingerprint density at radius 1 is 1.52 bits per heavy atom. The van der Waals surface area contributed by atoms with Crippen molar-refractivity contribution in [1.82, 2.24) is 15.1 Å². The molecular weight excluding hydrogens is 272 g/mol. The van der Waals surface area contributed by atoms with Gasteiger partial charge in [-0.2, -0.15) is 5.10 Å². The summed E-state index contributed by atoms with van der Waals surface area (Å²) in [6, 6.07) is 0. The zero-order chi connectivity index (χ0) is 16.2. The summed E-state index contributed by atoms with van der Waals surface area (Å²) in [4.78, 5) is 24.2. The third-order valence-electron chi connectivity index (χ3n) is 3.23. The van der Waals surface area contributed by atoms with E-state index < -0.39 is 5.97 Å². The fourth-order valence-electron chi connectivity index (χ4n) is 2.29. The van der Waals surface area contributed by atoms with Gasteiger partial charge in [-0.1, -0.05) is 6.92 Å². The minimum atomic E-state index is -1.01. The van der Waals surface area contributed by atoms with E-state index in [1.807, 2.05) is 25.8 Å². The maximum atomic E-state index is 11.6. The quantitative estimate of drug-likeness (QED) is 0.752. The van der Waals surface area contributed by atoms with Crippen LogP contribution < -0.4 is 10.2 Å². The predicted molar refractivity (Wildman–Crippen MR) is 81.1 cm³/mol. The van der Waals surface area contributed by atoms with Crippen LogP contribution in [0.25, 0.3) is 6.08 Å². The zero-order valence-electron chi connectivity index (χ0n) is 13.0. The lowest BCUT2D eigenvalue weighted by molar-refractivity contribution is -0.131. The molecular formula is C14H22N4O3. The number of amides is 1. The Labute approximate surface area is 124 Å². The molecule has 116 valence electrons. The summed E-state index contributed by atoms with van der Waals surface area (Å²) < 4.78 is 1.69. The first kappa shape index (κ1) is 16.7. The maximum Gasteiger partial charge on any atom is 0.328 e. The van der Waals surface area contributed by atoms with Crippen LogP contribution >= 0.6 is 0 Å². The highest BCUT2D eigenvalue weighted by Gasteiger charge is 2.19. The van der Waals surface area contributed by atoms with E-state index in [4.69, 9.17) is 5.11 Å². The molecule has 1 unspecified atom stereocenters. The zero-order valence-corrected chi connectivity index (χ0v) is 13.0. The van der Waals surface area contributed by atoms with Crippen molar-refractivity contribution in [3.63, 3.8) is 0 Å². The summed E-state index contributed by atoms with van der Waals surface area (Å²) in [5, 5.41) is 15.7. The highest BCUT2D eigenvalue weighted by atomic mass is 16.4. The smallest absolute Gasteiger partial charge is 0.328 e. The molecule has 0 saturated carbocycles. The summed E-state index contributed by atoms with van der Waals surface area (Å²) in [5.41, 5.74) is 1.48. The van der Waals surface area contributed by atoms with Gasteiger partial charge in [-0.3, -0.25) is 9.48 Å². The van der Waals surface area contributed by atoms with Crippen LogP contribution in [0.15, 0.2) is 6.08 Å². The van der Waals surface area contributed by atoms with E-state index in [2.05, 4.69) is 10.4 Å². The van der Waals surface area contributed by atoms with Gasteiger partial charge in [-0.05, 0) is 13.0 Å². The molecule has 1 heterocycles. The average Bonchev–Trinajstić information content (AvgIpc) is 2.69. The average molecular weight is 294 g/mol. The number of carbonyl (C=O) groups is 2. The SMILES string of the molecule is CNC(=O)C(C)CN(C)c1c(/C=C/C(=O)O)c(C)nn1C. The number of nitrogens with zero attached hydrogens (tertiary/aromatic N) is 3. The molecule has 1 aromatic heterocycles. The van der Waals surface area contributed by atoms with Gasteiger partial charge in [0, 0.05) is 39.3 Å². The van der Waals surface area contributed by atoms with E-state index in [1.165, 1.54) is 6.08 Å². The number of carboxylic acid groups (broad SMARTS) is 1. The van der Waals surface area contributed by atoms with Gasteiger partial charge >= 0.3 is 5.97 Å². The summed E-state index contributed by atoms with van der Waals surface area (Å²) in [6.07, 6.45) is 2.62. The standard InChI is InChI=1S/C14H22N4O3/c1-9(13(21)15-3)8-17(4)14-11(6-7-12(19)20)10(2)16-18(14)5/h6-7,9H,8H2,1-5H3,(H,15,21)(H,19,20)/b7-6+. The van der Waals surface area contributed by atoms with Crippen molar-refractivity contribution in [3.8, 4) is 0 Å². The normalized spacial score (nSPS) is 12.4. The molecule has 0 saturated heterocycles. The summed E-state index contributed by atoms with van der Waals surface area (Å²) >= 11 is 0. The number of aryl methyl sites for hydroxylation is 2. The van der Waals surface area contributed by atoms with Crippen LogP contribution in [-0.4, -0.2) is 47.4 Å². The second kappa shape index (κ2) is 6.92. The molecule has 21 heavy (non-hydrogen) atoms. The van der Waals surface area contributed by atoms with Crippen molar-refractivity contribution in [1.29, 1.82) is 0 Å². The van der Waals surface area contributed by atoms with Crippen LogP contribution in [0.5, 0.6) is 0 Å². The molecule has 2 N–H and O–H groups in total. The van der Waals surface area contributed by atoms with Crippen molar-refractivity contribution in [2.75, 3.05) is 25.5 Å². The van der Waals surface area contributed by atoms with Gasteiger partial charge in [0.05, 0.1) is 11.6 Å². The van der Waals surface area contributed by atoms with Gasteiger partial charge in [0.15, 0.2) is 0 Å². The number of anilines is 1. The number of aromatic nitrogens is 2. The van der Waals surface area contributed by atoms with Gasteiger partial charge in [0.25, 0.3) is 0 Å². The number of carboxylic acids is 1. The highest BCUT2D eigenvalue weighted by molar-refractivity contribution is 5.87. The van der Waals surface area contributed by atoms with Gasteiger partial charge < -0.3 is 15.3 Å². The molecule has 0 aromatic carbocycles. The van der Waals surface area contributed by atoms with Crippen LogP contribution in [-0.2, 0) is 16.6 Å². The largest absolute Gasteiger partial charge is 0.478 e. The van der Waals surface area contributed by atoms with Gasteiger partial charge in [0.1, 0.15) is 5.82 Å². The van der Waals surface area contributed by atoms with Gasteiger partial charge in [0.2, 0.25) is 5.91 Å². The summed E-state index contributed by atoms with van der Waals surface area (Å²) in [7, 11) is 5.25. The topological polar surface area (TPSA) is 87.5 Å². The highest BCUT2D eigenvalue weighted by Crippen LogP contribution is 2.24. The minimum absolute atomic E-state index is 0.0385. The Hall–Kier alpha value is -2.31. The van der Waals surface area contributed by atoms with Crippen LogP contribution in [0.1, 0.15) is 18.2 Å². The fourth-order valence-corrected chi connectivity index (χ4v) is 2.29. The summed E-state index contributed by atoms with van der Waals surface area (Å²) in [5.74, 6) is -0.457. The molecule has 7 nitrogen and oxygen atoms in total. The molecule has 0 bridgehead atoms. The molecule has 1 amide bonds. The van der Waals surface area contributed by atoms with Crippen LogP contribution in [0.4, 0.5) is 5.82 Å². The molecule has 7 heteroatoms. The Kier molecular flexibility index (Phi) is 5.52. The second-order valence-electron chi connectivity index (χ2n) is 5.01. The van der Waals surface area contributed by atoms with Crippen molar-refractivity contribution in [2.45, 2.75) is 13.8 Å². The van der Waals surface area contributed by atoms with Gasteiger partial charge in [-0.25, -0.2) is 4.79 Å². The molecule has 0 radical (unpaired) electrons. The number of nitrogens with one attached hydrogen (secondary N) is 1. The lowest BCUT2D eigenvalue weighted by atomic mass is 10.1. The Morgan fingerprint density at radius 3 is 2.67 bits per heavy atom. The molecule has 1 atom stereocenters. The first-order valence-electron chi connectivity index (χ1n) is 6.65. The molecule has 0 fully saturated rings. The monoisotopic (exact) mass is 294 g/mol. The molecule has 0 aliphatic carbocycles. The first-order valence-corrected chi connectivity index (χ1v) is 6.65. The Morgan fingerprint density at radius 2 is 2.14 bits per heavy atom. The van der Waals surface area contributed by atoms with E-state index in [1.54, 1.807) is 18.8 Å². The van der Waals surface area contributed by atoms with E-state index >= 15 is 0 Å².